The fourth-order valence-corrected chi connectivity index (χ4v) is 3.58. The predicted molar refractivity (Wildman–Crippen MR) is 92.2 cm³/mol. The van der Waals surface area contributed by atoms with Crippen LogP contribution in [0.5, 0.6) is 0 Å². The number of rotatable bonds is 4. The highest BCUT2D eigenvalue weighted by molar-refractivity contribution is 7.90. The molecular formula is C17H15N3O4S. The first-order valence-electron chi connectivity index (χ1n) is 7.33. The molecule has 7 nitrogen and oxygen atoms in total. The number of benzene rings is 2. The van der Waals surface area contributed by atoms with E-state index in [-0.39, 0.29) is 22.0 Å². The average Bonchev–Trinajstić information content (AvgIpc) is 2.95. The van der Waals surface area contributed by atoms with Gasteiger partial charge in [0.15, 0.2) is 16.5 Å². The van der Waals surface area contributed by atoms with Gasteiger partial charge < -0.3 is 10.3 Å². The van der Waals surface area contributed by atoms with E-state index >= 15 is 0 Å². The molecule has 0 saturated heterocycles. The van der Waals surface area contributed by atoms with E-state index in [1.165, 1.54) is 6.92 Å². The maximum atomic E-state index is 12.3. The fraction of sp³-hybridized carbons (Fsp3) is 0.0588. The molecule has 0 saturated carbocycles. The Labute approximate surface area is 144 Å². The summed E-state index contributed by atoms with van der Waals surface area (Å²) in [6, 6.07) is 16.2. The van der Waals surface area contributed by atoms with Gasteiger partial charge in [0.2, 0.25) is 0 Å². The van der Waals surface area contributed by atoms with Crippen LogP contribution in [-0.2, 0) is 10.0 Å². The number of carbonyl (C=O) groups is 1. The van der Waals surface area contributed by atoms with Crippen molar-refractivity contribution in [3.8, 4) is 11.1 Å². The number of nitrogens with one attached hydrogen (secondary N) is 1. The number of aromatic nitrogens is 1. The van der Waals surface area contributed by atoms with Crippen LogP contribution in [0.1, 0.15) is 16.1 Å². The lowest BCUT2D eigenvalue weighted by molar-refractivity contribution is 0.0981. The summed E-state index contributed by atoms with van der Waals surface area (Å²) in [6.07, 6.45) is 0. The van der Waals surface area contributed by atoms with Crippen molar-refractivity contribution in [1.82, 2.24) is 9.88 Å². The molecule has 2 aromatic carbocycles. The van der Waals surface area contributed by atoms with E-state index in [4.69, 9.17) is 10.3 Å². The minimum atomic E-state index is -4.17. The molecular weight excluding hydrogens is 342 g/mol. The molecule has 1 heterocycles. The van der Waals surface area contributed by atoms with Gasteiger partial charge in [0.05, 0.1) is 0 Å². The Morgan fingerprint density at radius 1 is 1.04 bits per heavy atom. The maximum absolute atomic E-state index is 12.3. The molecule has 0 atom stereocenters. The number of carbonyl (C=O) groups excluding carboxylic acids is 1. The molecule has 0 bridgehead atoms. The lowest BCUT2D eigenvalue weighted by Gasteiger charge is -2.07. The second-order valence-electron chi connectivity index (χ2n) is 5.33. The van der Waals surface area contributed by atoms with Crippen molar-refractivity contribution in [3.05, 3.63) is 65.9 Å². The van der Waals surface area contributed by atoms with Crippen LogP contribution in [0.4, 0.5) is 5.82 Å². The SMILES string of the molecule is Cc1onc(N)c1S(=O)(=O)NC(=O)c1ccc(-c2ccccc2)cc1. The van der Waals surface area contributed by atoms with Crippen molar-refractivity contribution < 1.29 is 17.7 Å². The summed E-state index contributed by atoms with van der Waals surface area (Å²) in [6.45, 7) is 1.40. The average molecular weight is 357 g/mol. The Bertz CT molecular complexity index is 990. The molecule has 3 rings (SSSR count). The van der Waals surface area contributed by atoms with Crippen LogP contribution >= 0.6 is 0 Å². The van der Waals surface area contributed by atoms with Gasteiger partial charge in [-0.05, 0) is 30.2 Å². The number of nitrogens with two attached hydrogens (primary N) is 1. The number of nitrogen functional groups attached to an aromatic ring is 1. The van der Waals surface area contributed by atoms with E-state index in [0.717, 1.165) is 11.1 Å². The third-order valence-corrected chi connectivity index (χ3v) is 5.07. The lowest BCUT2D eigenvalue weighted by Crippen LogP contribution is -2.31. The number of amides is 1. The van der Waals surface area contributed by atoms with Crippen LogP contribution < -0.4 is 10.5 Å². The van der Waals surface area contributed by atoms with Crippen LogP contribution in [0.3, 0.4) is 0 Å². The predicted octanol–water partition coefficient (Wildman–Crippen LogP) is 2.35. The summed E-state index contributed by atoms with van der Waals surface area (Å²) in [5, 5.41) is 3.38. The van der Waals surface area contributed by atoms with Gasteiger partial charge in [-0.2, -0.15) is 0 Å². The van der Waals surface area contributed by atoms with Gasteiger partial charge in [-0.1, -0.05) is 47.6 Å². The minimum absolute atomic E-state index is 0.0113. The quantitative estimate of drug-likeness (QED) is 0.740. The fourth-order valence-electron chi connectivity index (χ4n) is 2.38. The van der Waals surface area contributed by atoms with Crippen molar-refractivity contribution in [2.75, 3.05) is 5.73 Å². The molecule has 1 amide bonds. The maximum Gasteiger partial charge on any atom is 0.271 e. The van der Waals surface area contributed by atoms with Crippen molar-refractivity contribution in [2.24, 2.45) is 0 Å². The Kier molecular flexibility index (Phi) is 4.28. The minimum Gasteiger partial charge on any atom is -0.380 e. The molecule has 0 aliphatic rings. The third kappa shape index (κ3) is 3.38. The Hall–Kier alpha value is -3.13. The van der Waals surface area contributed by atoms with Gasteiger partial charge in [-0.3, -0.25) is 4.79 Å². The van der Waals surface area contributed by atoms with E-state index in [0.29, 0.717) is 0 Å². The number of anilines is 1. The highest BCUT2D eigenvalue weighted by Crippen LogP contribution is 2.22. The summed E-state index contributed by atoms with van der Waals surface area (Å²) >= 11 is 0. The van der Waals surface area contributed by atoms with Gasteiger partial charge in [0.25, 0.3) is 15.9 Å². The first-order chi connectivity index (χ1) is 11.9. The normalized spacial score (nSPS) is 11.2. The zero-order chi connectivity index (χ0) is 18.0. The Morgan fingerprint density at radius 2 is 1.64 bits per heavy atom. The van der Waals surface area contributed by atoms with E-state index in [1.807, 2.05) is 35.1 Å². The molecule has 128 valence electrons. The molecule has 0 spiro atoms. The van der Waals surface area contributed by atoms with Gasteiger partial charge in [0, 0.05) is 5.56 Å². The third-order valence-electron chi connectivity index (χ3n) is 3.58. The van der Waals surface area contributed by atoms with Crippen LogP contribution in [0.15, 0.2) is 64.0 Å². The number of aryl methyl sites for hydroxylation is 1. The summed E-state index contributed by atoms with van der Waals surface area (Å²) in [5.74, 6) is -1.05. The Balaban J connectivity index is 1.82. The molecule has 3 N–H and O–H groups in total. The highest BCUT2D eigenvalue weighted by atomic mass is 32.2. The summed E-state index contributed by atoms with van der Waals surface area (Å²) < 4.78 is 31.3. The molecule has 8 heteroatoms. The molecule has 0 aliphatic heterocycles. The Morgan fingerprint density at radius 3 is 2.20 bits per heavy atom. The molecule has 1 aromatic heterocycles. The summed E-state index contributed by atoms with van der Waals surface area (Å²) in [7, 11) is -4.17. The topological polar surface area (TPSA) is 115 Å². The van der Waals surface area contributed by atoms with E-state index in [9.17, 15) is 13.2 Å². The number of sulfonamides is 1. The molecule has 0 fully saturated rings. The molecule has 0 aliphatic carbocycles. The lowest BCUT2D eigenvalue weighted by atomic mass is 10.0. The van der Waals surface area contributed by atoms with E-state index < -0.39 is 15.9 Å². The van der Waals surface area contributed by atoms with E-state index in [2.05, 4.69) is 5.16 Å². The van der Waals surface area contributed by atoms with Crippen LogP contribution in [-0.4, -0.2) is 19.5 Å². The van der Waals surface area contributed by atoms with Gasteiger partial charge in [-0.15, -0.1) is 0 Å². The monoisotopic (exact) mass is 357 g/mol. The van der Waals surface area contributed by atoms with Gasteiger partial charge in [-0.25, -0.2) is 13.1 Å². The molecule has 0 radical (unpaired) electrons. The van der Waals surface area contributed by atoms with Crippen molar-refractivity contribution in [1.29, 1.82) is 0 Å². The number of hydrogen-bond donors (Lipinski definition) is 2. The van der Waals surface area contributed by atoms with Crippen LogP contribution in [0, 0.1) is 6.92 Å². The van der Waals surface area contributed by atoms with Crippen LogP contribution in [0.2, 0.25) is 0 Å². The van der Waals surface area contributed by atoms with E-state index in [1.54, 1.807) is 24.3 Å². The van der Waals surface area contributed by atoms with Gasteiger partial charge >= 0.3 is 0 Å². The zero-order valence-corrected chi connectivity index (χ0v) is 14.1. The van der Waals surface area contributed by atoms with Crippen molar-refractivity contribution >= 4 is 21.7 Å². The second-order valence-corrected chi connectivity index (χ2v) is 6.95. The first kappa shape index (κ1) is 16.7. The molecule has 25 heavy (non-hydrogen) atoms. The zero-order valence-electron chi connectivity index (χ0n) is 13.3. The van der Waals surface area contributed by atoms with Crippen molar-refractivity contribution in [2.45, 2.75) is 11.8 Å². The molecule has 3 aromatic rings. The van der Waals surface area contributed by atoms with Crippen LogP contribution in [0.25, 0.3) is 11.1 Å². The van der Waals surface area contributed by atoms with Gasteiger partial charge in [0.1, 0.15) is 0 Å². The highest BCUT2D eigenvalue weighted by Gasteiger charge is 2.27. The number of nitrogens with zero attached hydrogens (tertiary/aromatic N) is 1. The second kappa shape index (κ2) is 6.40. The summed E-state index contributed by atoms with van der Waals surface area (Å²) in [5.41, 5.74) is 7.61. The van der Waals surface area contributed by atoms with Crippen molar-refractivity contribution in [3.63, 3.8) is 0 Å². The molecule has 0 unspecified atom stereocenters. The first-order valence-corrected chi connectivity index (χ1v) is 8.81. The smallest absolute Gasteiger partial charge is 0.271 e. The number of hydrogen-bond acceptors (Lipinski definition) is 6. The summed E-state index contributed by atoms with van der Waals surface area (Å²) in [4.78, 5) is 11.9. The largest absolute Gasteiger partial charge is 0.380 e. The standard InChI is InChI=1S/C17H15N3O4S/c1-11-15(16(18)19-24-11)25(22,23)20-17(21)14-9-7-13(8-10-14)12-5-3-2-4-6-12/h2-10H,1H3,(H2,18,19)(H,20,21).